The highest BCUT2D eigenvalue weighted by Crippen LogP contribution is 2.47. The van der Waals surface area contributed by atoms with Crippen molar-refractivity contribution >= 4 is 14.3 Å². The van der Waals surface area contributed by atoms with E-state index in [1.165, 1.54) is 6.92 Å². The molecule has 1 aliphatic rings. The fourth-order valence-corrected chi connectivity index (χ4v) is 3.27. The van der Waals surface area contributed by atoms with E-state index in [0.29, 0.717) is 0 Å². The maximum Gasteiger partial charge on any atom is 0.417 e. The number of halogens is 3. The Labute approximate surface area is 143 Å². The van der Waals surface area contributed by atoms with Gasteiger partial charge in [-0.3, -0.25) is 0 Å². The molecule has 1 heterocycles. The Balaban J connectivity index is 2.48. The van der Waals surface area contributed by atoms with E-state index in [2.05, 4.69) is 33.9 Å². The van der Waals surface area contributed by atoms with E-state index in [1.54, 1.807) is 0 Å². The first-order valence-electron chi connectivity index (χ1n) is 8.17. The van der Waals surface area contributed by atoms with Gasteiger partial charge >= 0.3 is 12.1 Å². The molecule has 0 aromatic carbocycles. The third kappa shape index (κ3) is 4.52. The van der Waals surface area contributed by atoms with E-state index < -0.39 is 38.1 Å². The molecular weight excluding hydrogens is 341 g/mol. The lowest BCUT2D eigenvalue weighted by Crippen LogP contribution is -2.47. The van der Waals surface area contributed by atoms with Gasteiger partial charge in [0.05, 0.1) is 6.61 Å². The number of rotatable bonds is 5. The van der Waals surface area contributed by atoms with Crippen LogP contribution < -0.4 is 0 Å². The van der Waals surface area contributed by atoms with E-state index in [0.717, 1.165) is 6.92 Å². The monoisotopic (exact) mass is 370 g/mol. The molecule has 24 heavy (non-hydrogen) atoms. The van der Waals surface area contributed by atoms with Crippen molar-refractivity contribution in [1.29, 1.82) is 0 Å². The molecule has 3 unspecified atom stereocenters. The van der Waals surface area contributed by atoms with E-state index in [1.807, 2.05) is 0 Å². The first kappa shape index (κ1) is 21.4. The molecule has 0 bridgehead atoms. The molecule has 0 aromatic rings. The molecule has 3 atom stereocenters. The van der Waals surface area contributed by atoms with Gasteiger partial charge in [0.2, 0.25) is 0 Å². The van der Waals surface area contributed by atoms with Gasteiger partial charge in [-0.25, -0.2) is 4.79 Å². The van der Waals surface area contributed by atoms with Crippen molar-refractivity contribution in [2.45, 2.75) is 77.1 Å². The number of alkyl halides is 3. The topological polar surface area (TPSA) is 44.8 Å². The smallest absolute Gasteiger partial charge is 0.417 e. The first-order chi connectivity index (χ1) is 10.6. The minimum absolute atomic E-state index is 0.00205. The number of esters is 1. The summed E-state index contributed by atoms with van der Waals surface area (Å²) in [6.07, 6.45) is -5.70. The fraction of sp³-hybridized carbons (Fsp3) is 0.938. The molecule has 142 valence electrons. The lowest BCUT2D eigenvalue weighted by molar-refractivity contribution is -0.274. The highest BCUT2D eigenvalue weighted by atomic mass is 28.4. The standard InChI is InChI=1S/C16H29F3O4Si/c1-11-10-12(23-15(11,5)16(17,18)19)13(20)21-8-9-22-24(6,7)14(2,3)4/h11-12H,8-10H2,1-7H3. The lowest BCUT2D eigenvalue weighted by Gasteiger charge is -2.36. The van der Waals surface area contributed by atoms with Gasteiger partial charge in [0.25, 0.3) is 0 Å². The summed E-state index contributed by atoms with van der Waals surface area (Å²) < 4.78 is 55.2. The fourth-order valence-electron chi connectivity index (χ4n) is 2.24. The average molecular weight is 370 g/mol. The van der Waals surface area contributed by atoms with Crippen LogP contribution in [0.15, 0.2) is 0 Å². The summed E-state index contributed by atoms with van der Waals surface area (Å²) in [4.78, 5) is 12.0. The van der Waals surface area contributed by atoms with Crippen molar-refractivity contribution in [3.63, 3.8) is 0 Å². The summed E-state index contributed by atoms with van der Waals surface area (Å²) in [5.74, 6) is -1.56. The molecule has 1 aliphatic heterocycles. The van der Waals surface area contributed by atoms with Crippen LogP contribution in [0.4, 0.5) is 13.2 Å². The van der Waals surface area contributed by atoms with E-state index >= 15 is 0 Å². The van der Waals surface area contributed by atoms with Crippen LogP contribution in [0.1, 0.15) is 41.0 Å². The zero-order valence-corrected chi connectivity index (χ0v) is 16.5. The summed E-state index contributed by atoms with van der Waals surface area (Å²) in [5.41, 5.74) is -2.31. The molecule has 0 saturated carbocycles. The predicted molar refractivity (Wildman–Crippen MR) is 87.2 cm³/mol. The average Bonchev–Trinajstić information content (AvgIpc) is 2.70. The van der Waals surface area contributed by atoms with Crippen molar-refractivity contribution in [2.24, 2.45) is 5.92 Å². The molecule has 1 rings (SSSR count). The summed E-state index contributed by atoms with van der Waals surface area (Å²) in [7, 11) is -1.94. The van der Waals surface area contributed by atoms with E-state index in [4.69, 9.17) is 13.9 Å². The number of hydrogen-bond acceptors (Lipinski definition) is 4. The van der Waals surface area contributed by atoms with Crippen molar-refractivity contribution in [2.75, 3.05) is 13.2 Å². The number of ether oxygens (including phenoxy) is 2. The third-order valence-electron chi connectivity index (χ3n) is 5.32. The maximum absolute atomic E-state index is 13.1. The van der Waals surface area contributed by atoms with Gasteiger partial charge in [-0.15, -0.1) is 0 Å². The molecule has 1 saturated heterocycles. The zero-order valence-electron chi connectivity index (χ0n) is 15.5. The second kappa shape index (κ2) is 6.95. The van der Waals surface area contributed by atoms with Crippen LogP contribution in [0.25, 0.3) is 0 Å². The number of carbonyl (C=O) groups is 1. The van der Waals surface area contributed by atoms with E-state index in [-0.39, 0.29) is 24.7 Å². The summed E-state index contributed by atoms with van der Waals surface area (Å²) in [6, 6.07) is 0. The van der Waals surface area contributed by atoms with Crippen molar-refractivity contribution < 1.29 is 31.9 Å². The second-order valence-electron chi connectivity index (χ2n) is 8.12. The minimum atomic E-state index is -4.52. The van der Waals surface area contributed by atoms with Crippen molar-refractivity contribution in [3.05, 3.63) is 0 Å². The summed E-state index contributed by atoms with van der Waals surface area (Å²) >= 11 is 0. The molecule has 8 heteroatoms. The van der Waals surface area contributed by atoms with Gasteiger partial charge in [-0.1, -0.05) is 27.7 Å². The summed E-state index contributed by atoms with van der Waals surface area (Å²) in [6.45, 7) is 13.1. The lowest BCUT2D eigenvalue weighted by atomic mass is 9.89. The molecule has 0 aliphatic carbocycles. The molecule has 0 N–H and O–H groups in total. The van der Waals surface area contributed by atoms with E-state index in [9.17, 15) is 18.0 Å². The molecule has 0 spiro atoms. The Morgan fingerprint density at radius 3 is 2.21 bits per heavy atom. The quantitative estimate of drug-likeness (QED) is 0.411. The normalized spacial score (nSPS) is 28.9. The second-order valence-corrected chi connectivity index (χ2v) is 12.9. The first-order valence-corrected chi connectivity index (χ1v) is 11.1. The molecule has 0 aromatic heterocycles. The molecule has 4 nitrogen and oxygen atoms in total. The van der Waals surface area contributed by atoms with Crippen LogP contribution >= 0.6 is 0 Å². The Kier molecular flexibility index (Phi) is 6.21. The Hall–Kier alpha value is -0.603. The molecule has 1 fully saturated rings. The van der Waals surface area contributed by atoms with Crippen molar-refractivity contribution in [1.82, 2.24) is 0 Å². The number of carbonyl (C=O) groups excluding carboxylic acids is 1. The van der Waals surface area contributed by atoms with Gasteiger partial charge < -0.3 is 13.9 Å². The van der Waals surface area contributed by atoms with Gasteiger partial charge in [0, 0.05) is 0 Å². The molecular formula is C16H29F3O4Si. The summed E-state index contributed by atoms with van der Waals surface area (Å²) in [5, 5.41) is 0.0372. The van der Waals surface area contributed by atoms with Crippen molar-refractivity contribution in [3.8, 4) is 0 Å². The van der Waals surface area contributed by atoms with Crippen LogP contribution in [0, 0.1) is 5.92 Å². The van der Waals surface area contributed by atoms with Crippen LogP contribution in [0.5, 0.6) is 0 Å². The third-order valence-corrected chi connectivity index (χ3v) is 9.86. The Bertz CT molecular complexity index is 459. The zero-order chi connectivity index (χ0) is 19.0. The SMILES string of the molecule is CC1CC(C(=O)OCCO[Si](C)(C)C(C)(C)C)OC1(C)C(F)(F)F. The highest BCUT2D eigenvalue weighted by Gasteiger charge is 2.61. The van der Waals surface area contributed by atoms with Crippen LogP contribution in [-0.2, 0) is 18.7 Å². The van der Waals surface area contributed by atoms with Gasteiger partial charge in [-0.2, -0.15) is 13.2 Å². The molecule has 0 amide bonds. The minimum Gasteiger partial charge on any atom is -0.461 e. The van der Waals surface area contributed by atoms with Crippen LogP contribution in [-0.4, -0.2) is 45.4 Å². The van der Waals surface area contributed by atoms with Gasteiger partial charge in [0.1, 0.15) is 6.61 Å². The Morgan fingerprint density at radius 2 is 1.79 bits per heavy atom. The highest BCUT2D eigenvalue weighted by molar-refractivity contribution is 6.74. The predicted octanol–water partition coefficient (Wildman–Crippen LogP) is 4.30. The largest absolute Gasteiger partial charge is 0.461 e. The van der Waals surface area contributed by atoms with Crippen LogP contribution in [0.2, 0.25) is 18.1 Å². The maximum atomic E-state index is 13.1. The Morgan fingerprint density at radius 1 is 1.25 bits per heavy atom. The molecule has 0 radical (unpaired) electrons. The number of hydrogen-bond donors (Lipinski definition) is 0. The van der Waals surface area contributed by atoms with Gasteiger partial charge in [-0.05, 0) is 37.4 Å². The van der Waals surface area contributed by atoms with Crippen LogP contribution in [0.3, 0.4) is 0 Å². The van der Waals surface area contributed by atoms with Gasteiger partial charge in [0.15, 0.2) is 20.0 Å².